The van der Waals surface area contributed by atoms with E-state index in [-0.39, 0.29) is 37.9 Å². The van der Waals surface area contributed by atoms with Gasteiger partial charge in [0.15, 0.2) is 17.0 Å². The molecule has 0 aliphatic carbocycles. The topological polar surface area (TPSA) is 146 Å². The number of nitro groups is 1. The lowest BCUT2D eigenvalue weighted by molar-refractivity contribution is -0.549. The molecule has 5 N–H and O–H groups in total. The smallest absolute Gasteiger partial charge is 0.334 e. The quantitative estimate of drug-likeness (QED) is 0.146. The summed E-state index contributed by atoms with van der Waals surface area (Å²) in [6.07, 6.45) is 0.592. The number of hydrazine groups is 1. The zero-order valence-corrected chi connectivity index (χ0v) is 13.2. The molecule has 0 aliphatic heterocycles. The Kier molecular flexibility index (Phi) is 9.85. The van der Waals surface area contributed by atoms with Crippen molar-refractivity contribution in [1.29, 1.82) is 0 Å². The number of hydrogen-bond acceptors (Lipinski definition) is 5. The van der Waals surface area contributed by atoms with Crippen LogP contribution in [0.25, 0.3) is 0 Å². The molecule has 1 rings (SSSR count). The normalized spacial score (nSPS) is 10.8. The lowest BCUT2D eigenvalue weighted by Gasteiger charge is -2.13. The number of rotatable bonds is 9. The van der Waals surface area contributed by atoms with Crippen LogP contribution in [0.3, 0.4) is 0 Å². The van der Waals surface area contributed by atoms with Gasteiger partial charge in [-0.2, -0.15) is 0 Å². The predicted molar refractivity (Wildman–Crippen MR) is 87.3 cm³/mol. The molecule has 0 unspecified atom stereocenters. The Morgan fingerprint density at radius 2 is 2.00 bits per heavy atom. The molecule has 23 heavy (non-hydrogen) atoms. The first-order valence-electron chi connectivity index (χ1n) is 6.65. The van der Waals surface area contributed by atoms with E-state index >= 15 is 0 Å². The van der Waals surface area contributed by atoms with Gasteiger partial charge in [0.25, 0.3) is 0 Å². The van der Waals surface area contributed by atoms with Gasteiger partial charge >= 0.3 is 5.97 Å². The highest BCUT2D eigenvalue weighted by atomic mass is 35.5. The summed E-state index contributed by atoms with van der Waals surface area (Å²) in [5.74, 6) is -0.754. The van der Waals surface area contributed by atoms with Crippen molar-refractivity contribution in [1.82, 2.24) is 5.43 Å². The zero-order valence-electron chi connectivity index (χ0n) is 12.4. The van der Waals surface area contributed by atoms with Crippen molar-refractivity contribution in [3.63, 3.8) is 0 Å². The minimum Gasteiger partial charge on any atom is -0.459 e. The van der Waals surface area contributed by atoms with E-state index < -0.39 is 17.0 Å². The summed E-state index contributed by atoms with van der Waals surface area (Å²) in [5.41, 5.74) is 13.1. The van der Waals surface area contributed by atoms with Crippen molar-refractivity contribution in [2.45, 2.75) is 25.5 Å². The van der Waals surface area contributed by atoms with Crippen LogP contribution >= 0.6 is 12.4 Å². The van der Waals surface area contributed by atoms with E-state index in [0.717, 1.165) is 5.56 Å². The summed E-state index contributed by atoms with van der Waals surface area (Å²) in [4.78, 5) is 26.2. The maximum atomic E-state index is 11.9. The molecule has 0 fully saturated rings. The van der Waals surface area contributed by atoms with Gasteiger partial charge in [-0.3, -0.25) is 4.99 Å². The van der Waals surface area contributed by atoms with Crippen LogP contribution in [-0.4, -0.2) is 29.5 Å². The van der Waals surface area contributed by atoms with Crippen LogP contribution in [0.1, 0.15) is 18.4 Å². The monoisotopic (exact) mass is 345 g/mol. The number of nitrogens with two attached hydrogens (primary N) is 2. The van der Waals surface area contributed by atoms with E-state index in [0.29, 0.717) is 6.42 Å². The molecule has 0 aromatic heterocycles. The number of nitrogens with one attached hydrogen (secondary N) is 1. The number of benzene rings is 1. The first kappa shape index (κ1) is 20.5. The first-order chi connectivity index (χ1) is 10.5. The number of ether oxygens (including phenoxy) is 1. The second-order valence-electron chi connectivity index (χ2n) is 4.48. The van der Waals surface area contributed by atoms with Gasteiger partial charge in [0, 0.05) is 6.54 Å². The molecule has 0 spiro atoms. The molecule has 9 nitrogen and oxygen atoms in total. The molecule has 0 saturated heterocycles. The van der Waals surface area contributed by atoms with Gasteiger partial charge in [0.2, 0.25) is 0 Å². The molecule has 0 aliphatic rings. The summed E-state index contributed by atoms with van der Waals surface area (Å²) < 4.78 is 5.08. The standard InChI is InChI=1S/C13H19N5O4.ClH/c14-13(15)16-8-4-7-11(17-18(20)21)12(19)22-9-10-5-2-1-3-6-10;/h1-3,5-6,11,17H,4,7-9H2,(H4,14,15,16);1H/t11-;/m0./s1. The Morgan fingerprint density at radius 3 is 2.57 bits per heavy atom. The number of esters is 1. The number of hydrogen-bond donors (Lipinski definition) is 3. The molecule has 0 amide bonds. The third-order valence-corrected chi connectivity index (χ3v) is 2.71. The van der Waals surface area contributed by atoms with E-state index in [4.69, 9.17) is 16.2 Å². The van der Waals surface area contributed by atoms with Crippen molar-refractivity contribution in [3.8, 4) is 0 Å². The van der Waals surface area contributed by atoms with Gasteiger partial charge in [0.05, 0.1) is 0 Å². The molecule has 0 bridgehead atoms. The number of carbonyl (C=O) groups excluding carboxylic acids is 1. The lowest BCUT2D eigenvalue weighted by Crippen LogP contribution is -2.41. The first-order valence-corrected chi connectivity index (χ1v) is 6.65. The maximum Gasteiger partial charge on any atom is 0.334 e. The van der Waals surface area contributed by atoms with Gasteiger partial charge in [0.1, 0.15) is 6.61 Å². The van der Waals surface area contributed by atoms with Crippen LogP contribution in [0.2, 0.25) is 0 Å². The van der Waals surface area contributed by atoms with E-state index in [1.165, 1.54) is 0 Å². The molecule has 1 aromatic rings. The molecular formula is C13H20ClN5O4. The van der Waals surface area contributed by atoms with Gasteiger partial charge in [-0.15, -0.1) is 17.8 Å². The number of aliphatic imine (C=N–C) groups is 1. The predicted octanol–water partition coefficient (Wildman–Crippen LogP) is 0.355. The van der Waals surface area contributed by atoms with Crippen molar-refractivity contribution in [3.05, 3.63) is 46.0 Å². The summed E-state index contributed by atoms with van der Waals surface area (Å²) in [6.45, 7) is 0.341. The Balaban J connectivity index is 0.00000484. The third kappa shape index (κ3) is 9.14. The number of halogens is 1. The summed E-state index contributed by atoms with van der Waals surface area (Å²) in [6, 6.07) is 8.00. The van der Waals surface area contributed by atoms with Gasteiger partial charge < -0.3 is 16.2 Å². The Hall–Kier alpha value is -2.55. The highest BCUT2D eigenvalue weighted by molar-refractivity contribution is 5.85. The number of nitrogens with zero attached hydrogens (tertiary/aromatic N) is 2. The van der Waals surface area contributed by atoms with Crippen LogP contribution < -0.4 is 16.9 Å². The largest absolute Gasteiger partial charge is 0.459 e. The molecule has 0 heterocycles. The SMILES string of the molecule is Cl.NC(N)=NCCC[C@H](N[N+](=O)[O-])C(=O)OCc1ccccc1. The minimum absolute atomic E-state index is 0. The minimum atomic E-state index is -1.05. The fraction of sp³-hybridized carbons (Fsp3) is 0.385. The van der Waals surface area contributed by atoms with Crippen molar-refractivity contribution < 1.29 is 14.6 Å². The van der Waals surface area contributed by atoms with Gasteiger partial charge in [-0.05, 0) is 18.4 Å². The molecular weight excluding hydrogens is 326 g/mol. The van der Waals surface area contributed by atoms with Crippen molar-refractivity contribution >= 4 is 24.3 Å². The van der Waals surface area contributed by atoms with Crippen LogP contribution in [0, 0.1) is 10.1 Å². The molecule has 128 valence electrons. The average molecular weight is 346 g/mol. The molecule has 1 aromatic carbocycles. The van der Waals surface area contributed by atoms with E-state index in [1.54, 1.807) is 12.1 Å². The van der Waals surface area contributed by atoms with Crippen molar-refractivity contribution in [2.24, 2.45) is 16.5 Å². The summed E-state index contributed by atoms with van der Waals surface area (Å²) >= 11 is 0. The summed E-state index contributed by atoms with van der Waals surface area (Å²) in [5, 5.41) is 9.78. The number of guanidine groups is 1. The third-order valence-electron chi connectivity index (χ3n) is 2.71. The van der Waals surface area contributed by atoms with Gasteiger partial charge in [-0.25, -0.2) is 14.9 Å². The Labute approximate surface area is 139 Å². The van der Waals surface area contributed by atoms with Crippen LogP contribution in [0.15, 0.2) is 35.3 Å². The van der Waals surface area contributed by atoms with E-state index in [2.05, 4.69) is 4.99 Å². The van der Waals surface area contributed by atoms with E-state index in [9.17, 15) is 14.9 Å². The fourth-order valence-corrected chi connectivity index (χ4v) is 1.70. The number of carbonyl (C=O) groups is 1. The second-order valence-corrected chi connectivity index (χ2v) is 4.48. The Bertz CT molecular complexity index is 522. The Morgan fingerprint density at radius 1 is 1.35 bits per heavy atom. The maximum absolute atomic E-state index is 11.9. The lowest BCUT2D eigenvalue weighted by atomic mass is 10.1. The van der Waals surface area contributed by atoms with Gasteiger partial charge in [-0.1, -0.05) is 30.3 Å². The molecule has 0 saturated carbocycles. The highest BCUT2D eigenvalue weighted by Crippen LogP contribution is 2.05. The van der Waals surface area contributed by atoms with Crippen LogP contribution in [0.4, 0.5) is 0 Å². The van der Waals surface area contributed by atoms with Crippen LogP contribution in [0.5, 0.6) is 0 Å². The zero-order chi connectivity index (χ0) is 16.4. The molecule has 1 atom stereocenters. The molecule has 10 heteroatoms. The highest BCUT2D eigenvalue weighted by Gasteiger charge is 2.24. The summed E-state index contributed by atoms with van der Waals surface area (Å²) in [7, 11) is 0. The molecule has 0 radical (unpaired) electrons. The second kappa shape index (κ2) is 11.1. The average Bonchev–Trinajstić information content (AvgIpc) is 2.48. The van der Waals surface area contributed by atoms with E-state index in [1.807, 2.05) is 23.6 Å². The van der Waals surface area contributed by atoms with Crippen LogP contribution in [-0.2, 0) is 16.1 Å². The van der Waals surface area contributed by atoms with Crippen molar-refractivity contribution in [2.75, 3.05) is 6.54 Å². The fourth-order valence-electron chi connectivity index (χ4n) is 1.70.